The minimum absolute atomic E-state index is 0.179. The number of hydrogen-bond acceptors (Lipinski definition) is 2. The van der Waals surface area contributed by atoms with E-state index >= 15 is 0 Å². The fourth-order valence-corrected chi connectivity index (χ4v) is 2.13. The first-order valence-corrected chi connectivity index (χ1v) is 7.27. The molecule has 1 amide bonds. The van der Waals surface area contributed by atoms with Gasteiger partial charge in [0.05, 0.1) is 5.56 Å². The van der Waals surface area contributed by atoms with Crippen molar-refractivity contribution >= 4 is 17.3 Å². The van der Waals surface area contributed by atoms with Crippen LogP contribution in [0.4, 0.5) is 24.5 Å². The van der Waals surface area contributed by atoms with Gasteiger partial charge >= 0.3 is 6.18 Å². The molecule has 1 aliphatic rings. The minimum atomic E-state index is -4.40. The summed E-state index contributed by atoms with van der Waals surface area (Å²) in [7, 11) is 0. The second kappa shape index (κ2) is 5.95. The Labute approximate surface area is 131 Å². The molecule has 0 atom stereocenters. The molecule has 0 aliphatic heterocycles. The molecular weight excluding hydrogens is 305 g/mol. The molecule has 120 valence electrons. The first-order valence-electron chi connectivity index (χ1n) is 7.27. The molecule has 2 N–H and O–H groups in total. The molecular formula is C17H15F3N2O. The van der Waals surface area contributed by atoms with Crippen molar-refractivity contribution in [3.8, 4) is 0 Å². The van der Waals surface area contributed by atoms with Crippen LogP contribution in [0.2, 0.25) is 0 Å². The summed E-state index contributed by atoms with van der Waals surface area (Å²) >= 11 is 0. The summed E-state index contributed by atoms with van der Waals surface area (Å²) in [5, 5.41) is 5.99. The number of benzene rings is 2. The lowest BCUT2D eigenvalue weighted by atomic mass is 10.1. The van der Waals surface area contributed by atoms with Crippen LogP contribution in [0.15, 0.2) is 48.5 Å². The Hall–Kier alpha value is -2.50. The second-order valence-corrected chi connectivity index (χ2v) is 5.53. The van der Waals surface area contributed by atoms with Gasteiger partial charge < -0.3 is 10.6 Å². The highest BCUT2D eigenvalue weighted by Crippen LogP contribution is 2.29. The molecule has 0 unspecified atom stereocenters. The third-order valence-electron chi connectivity index (χ3n) is 3.57. The molecule has 6 heteroatoms. The predicted molar refractivity (Wildman–Crippen MR) is 82.5 cm³/mol. The van der Waals surface area contributed by atoms with Crippen LogP contribution in [0.1, 0.15) is 28.8 Å². The molecule has 0 saturated heterocycles. The molecule has 0 bridgehead atoms. The van der Waals surface area contributed by atoms with E-state index < -0.39 is 17.6 Å². The van der Waals surface area contributed by atoms with E-state index in [1.54, 1.807) is 12.1 Å². The zero-order chi connectivity index (χ0) is 16.4. The molecule has 0 spiro atoms. The quantitative estimate of drug-likeness (QED) is 0.869. The third kappa shape index (κ3) is 4.03. The summed E-state index contributed by atoms with van der Waals surface area (Å²) in [5.41, 5.74) is 0.985. The van der Waals surface area contributed by atoms with Gasteiger partial charge in [-0.05, 0) is 61.4 Å². The maximum absolute atomic E-state index is 12.5. The van der Waals surface area contributed by atoms with Crippen molar-refractivity contribution in [1.82, 2.24) is 0 Å². The lowest BCUT2D eigenvalue weighted by Crippen LogP contribution is -2.13. The Bertz CT molecular complexity index is 689. The largest absolute Gasteiger partial charge is 0.416 e. The normalized spacial score (nSPS) is 14.4. The number of anilines is 2. The van der Waals surface area contributed by atoms with E-state index in [0.717, 1.165) is 17.8 Å². The van der Waals surface area contributed by atoms with Gasteiger partial charge in [0.2, 0.25) is 0 Å². The number of halogens is 3. The molecule has 1 saturated carbocycles. The van der Waals surface area contributed by atoms with Crippen LogP contribution in [0, 0.1) is 0 Å². The van der Waals surface area contributed by atoms with Gasteiger partial charge in [-0.2, -0.15) is 13.2 Å². The molecule has 1 fully saturated rings. The maximum atomic E-state index is 12.5. The number of alkyl halides is 3. The molecule has 0 aromatic heterocycles. The Morgan fingerprint density at radius 1 is 0.913 bits per heavy atom. The smallest absolute Gasteiger partial charge is 0.382 e. The van der Waals surface area contributed by atoms with Gasteiger partial charge in [-0.1, -0.05) is 0 Å². The Kier molecular flexibility index (Phi) is 3.98. The molecule has 0 heterocycles. The number of carbonyl (C=O) groups is 1. The van der Waals surface area contributed by atoms with E-state index in [1.165, 1.54) is 25.0 Å². The van der Waals surface area contributed by atoms with Crippen molar-refractivity contribution in [3.63, 3.8) is 0 Å². The summed E-state index contributed by atoms with van der Waals surface area (Å²) in [6, 6.07) is 11.9. The molecule has 23 heavy (non-hydrogen) atoms. The van der Waals surface area contributed by atoms with E-state index in [1.807, 2.05) is 12.1 Å². The van der Waals surface area contributed by atoms with Crippen LogP contribution in [-0.4, -0.2) is 11.9 Å². The van der Waals surface area contributed by atoms with Crippen molar-refractivity contribution in [2.45, 2.75) is 25.1 Å². The Morgan fingerprint density at radius 3 is 2.00 bits per heavy atom. The van der Waals surface area contributed by atoms with Crippen LogP contribution < -0.4 is 10.6 Å². The average Bonchev–Trinajstić information content (AvgIpc) is 3.32. The van der Waals surface area contributed by atoms with Gasteiger partial charge in [-0.3, -0.25) is 4.79 Å². The lowest BCUT2D eigenvalue weighted by Gasteiger charge is -2.09. The van der Waals surface area contributed by atoms with Crippen LogP contribution in [0.25, 0.3) is 0 Å². The zero-order valence-corrected chi connectivity index (χ0v) is 12.2. The number of nitrogens with one attached hydrogen (secondary N) is 2. The summed E-state index contributed by atoms with van der Waals surface area (Å²) in [6.07, 6.45) is -2.06. The van der Waals surface area contributed by atoms with Crippen molar-refractivity contribution in [2.24, 2.45) is 0 Å². The van der Waals surface area contributed by atoms with Crippen molar-refractivity contribution < 1.29 is 18.0 Å². The Morgan fingerprint density at radius 2 is 1.48 bits per heavy atom. The van der Waals surface area contributed by atoms with Crippen molar-refractivity contribution in [3.05, 3.63) is 59.7 Å². The van der Waals surface area contributed by atoms with E-state index in [9.17, 15) is 18.0 Å². The maximum Gasteiger partial charge on any atom is 0.416 e. The van der Waals surface area contributed by atoms with E-state index in [4.69, 9.17) is 0 Å². The minimum Gasteiger partial charge on any atom is -0.382 e. The Balaban J connectivity index is 1.63. The fraction of sp³-hybridized carbons (Fsp3) is 0.235. The standard InChI is InChI=1S/C17H15F3N2O/c18-17(19,20)12-3-1-11(2-4-12)16(23)22-15-9-7-14(8-10-15)21-13-5-6-13/h1-4,7-10,13,21H,5-6H2,(H,22,23). The molecule has 2 aromatic carbocycles. The van der Waals surface area contributed by atoms with E-state index in [-0.39, 0.29) is 5.56 Å². The van der Waals surface area contributed by atoms with E-state index in [0.29, 0.717) is 11.7 Å². The molecule has 3 rings (SSSR count). The van der Waals surface area contributed by atoms with Gasteiger partial charge in [-0.25, -0.2) is 0 Å². The molecule has 2 aromatic rings. The van der Waals surface area contributed by atoms with Crippen LogP contribution >= 0.6 is 0 Å². The summed E-state index contributed by atoms with van der Waals surface area (Å²) < 4.78 is 37.5. The van der Waals surface area contributed by atoms with Crippen molar-refractivity contribution in [1.29, 1.82) is 0 Å². The monoisotopic (exact) mass is 320 g/mol. The summed E-state index contributed by atoms with van der Waals surface area (Å²) in [6.45, 7) is 0. The molecule has 0 radical (unpaired) electrons. The number of hydrogen-bond donors (Lipinski definition) is 2. The third-order valence-corrected chi connectivity index (χ3v) is 3.57. The summed E-state index contributed by atoms with van der Waals surface area (Å²) in [5.74, 6) is -0.443. The van der Waals surface area contributed by atoms with E-state index in [2.05, 4.69) is 10.6 Å². The first-order chi connectivity index (χ1) is 10.9. The van der Waals surface area contributed by atoms with Gasteiger partial charge in [0.25, 0.3) is 5.91 Å². The molecule has 1 aliphatic carbocycles. The van der Waals surface area contributed by atoms with Gasteiger partial charge in [0.1, 0.15) is 0 Å². The number of carbonyl (C=O) groups excluding carboxylic acids is 1. The number of rotatable bonds is 4. The average molecular weight is 320 g/mol. The van der Waals surface area contributed by atoms with Crippen LogP contribution in [0.5, 0.6) is 0 Å². The van der Waals surface area contributed by atoms with Gasteiger partial charge in [0, 0.05) is 23.0 Å². The van der Waals surface area contributed by atoms with Gasteiger partial charge in [-0.15, -0.1) is 0 Å². The first kappa shape index (κ1) is 15.4. The summed E-state index contributed by atoms with van der Waals surface area (Å²) in [4.78, 5) is 12.0. The van der Waals surface area contributed by atoms with Gasteiger partial charge in [0.15, 0.2) is 0 Å². The highest BCUT2D eigenvalue weighted by molar-refractivity contribution is 6.04. The highest BCUT2D eigenvalue weighted by atomic mass is 19.4. The number of amides is 1. The topological polar surface area (TPSA) is 41.1 Å². The fourth-order valence-electron chi connectivity index (χ4n) is 2.13. The van der Waals surface area contributed by atoms with Crippen LogP contribution in [-0.2, 0) is 6.18 Å². The van der Waals surface area contributed by atoms with Crippen LogP contribution in [0.3, 0.4) is 0 Å². The zero-order valence-electron chi connectivity index (χ0n) is 12.2. The SMILES string of the molecule is O=C(Nc1ccc(NC2CC2)cc1)c1ccc(C(F)(F)F)cc1. The lowest BCUT2D eigenvalue weighted by molar-refractivity contribution is -0.137. The second-order valence-electron chi connectivity index (χ2n) is 5.53. The van der Waals surface area contributed by atoms with Crippen molar-refractivity contribution in [2.75, 3.05) is 10.6 Å². The predicted octanol–water partition coefficient (Wildman–Crippen LogP) is 4.53. The highest BCUT2D eigenvalue weighted by Gasteiger charge is 2.30. The molecule has 3 nitrogen and oxygen atoms in total.